The van der Waals surface area contributed by atoms with Gasteiger partial charge in [-0.2, -0.15) is 5.26 Å². The van der Waals surface area contributed by atoms with Crippen LogP contribution in [0.1, 0.15) is 88.6 Å². The molecule has 4 aliphatic rings. The second-order valence-electron chi connectivity index (χ2n) is 14.6. The lowest BCUT2D eigenvalue weighted by Gasteiger charge is -2.60. The summed E-state index contributed by atoms with van der Waals surface area (Å²) in [7, 11) is 1.45. The predicted octanol–water partition coefficient (Wildman–Crippen LogP) is 5.66. The van der Waals surface area contributed by atoms with Crippen LogP contribution in [-0.4, -0.2) is 65.5 Å². The predicted molar refractivity (Wildman–Crippen MR) is 165 cm³/mol. The van der Waals surface area contributed by atoms with E-state index in [4.69, 9.17) is 19.8 Å². The Labute approximate surface area is 256 Å². The molecule has 2 aromatic carbocycles. The molecule has 2 aromatic rings. The average molecular weight is 590 g/mol. The molecule has 1 spiro atoms. The van der Waals surface area contributed by atoms with Gasteiger partial charge in [0.15, 0.2) is 0 Å². The number of piperidine rings is 1. The molecular weight excluding hydrogens is 542 g/mol. The number of aliphatic hydroxyl groups excluding tert-OH is 1. The number of aliphatic hydroxyl groups is 1. The number of likely N-dealkylation sites (tertiary alicyclic amines) is 1. The van der Waals surface area contributed by atoms with Gasteiger partial charge in [0, 0.05) is 36.8 Å². The molecule has 6 rings (SSSR count). The van der Waals surface area contributed by atoms with E-state index in [1.165, 1.54) is 38.2 Å². The number of hydrogen-bond donors (Lipinski definition) is 3. The van der Waals surface area contributed by atoms with E-state index in [-0.39, 0.29) is 34.6 Å². The second-order valence-corrected chi connectivity index (χ2v) is 14.6. The number of phenolic OH excluding ortho intramolecular Hbond substituents is 1. The van der Waals surface area contributed by atoms with Gasteiger partial charge in [0.1, 0.15) is 23.3 Å². The van der Waals surface area contributed by atoms with Gasteiger partial charge < -0.3 is 29.9 Å². The summed E-state index contributed by atoms with van der Waals surface area (Å²) in [4.78, 5) is 15.4. The zero-order valence-corrected chi connectivity index (χ0v) is 26.2. The Kier molecular flexibility index (Phi) is 8.70. The summed E-state index contributed by atoms with van der Waals surface area (Å²) in [5.74, 6) is 1.37. The van der Waals surface area contributed by atoms with Gasteiger partial charge in [-0.15, -0.1) is 0 Å². The molecule has 1 aliphatic heterocycles. The van der Waals surface area contributed by atoms with Gasteiger partial charge in [0.2, 0.25) is 0 Å². The van der Waals surface area contributed by atoms with Gasteiger partial charge in [-0.1, -0.05) is 27.7 Å². The molecule has 0 bridgehead atoms. The Balaban J connectivity index is 0.000000283. The van der Waals surface area contributed by atoms with E-state index < -0.39 is 0 Å². The molecule has 3 N–H and O–H groups in total. The summed E-state index contributed by atoms with van der Waals surface area (Å²) in [6.07, 6.45) is 8.07. The highest BCUT2D eigenvalue weighted by atomic mass is 16.5. The number of phenols is 1. The number of carbonyl (C=O) groups is 1. The van der Waals surface area contributed by atoms with Crippen molar-refractivity contribution in [3.8, 4) is 23.3 Å². The average Bonchev–Trinajstić information content (AvgIpc) is 2.92. The van der Waals surface area contributed by atoms with Crippen molar-refractivity contribution in [1.29, 1.82) is 5.26 Å². The van der Waals surface area contributed by atoms with E-state index in [9.17, 15) is 9.90 Å². The van der Waals surface area contributed by atoms with Gasteiger partial charge in [-0.05, 0) is 97.6 Å². The monoisotopic (exact) mass is 589 g/mol. The van der Waals surface area contributed by atoms with E-state index in [0.717, 1.165) is 50.9 Å². The number of aromatic hydroxyl groups is 1. The number of nitrogens with one attached hydrogen (secondary N) is 1. The maximum atomic E-state index is 12.8. The minimum Gasteiger partial charge on any atom is -0.508 e. The zero-order valence-electron chi connectivity index (χ0n) is 26.2. The van der Waals surface area contributed by atoms with Crippen LogP contribution in [0.5, 0.6) is 17.2 Å². The first-order valence-electron chi connectivity index (χ1n) is 15.6. The lowest BCUT2D eigenvalue weighted by Crippen LogP contribution is -2.63. The van der Waals surface area contributed by atoms with Gasteiger partial charge >= 0.3 is 0 Å². The molecule has 0 unspecified atom stereocenters. The molecule has 3 saturated carbocycles. The SMILES string of the molecule is CC1(C)CC(C)(C)C1NC(=O)c1ccc(OC2CC3(C2)CC(N2CCC(O)CC2)C3)cc1.COc1cc(O)ccc1C#N. The quantitative estimate of drug-likeness (QED) is 0.398. The Bertz CT molecular complexity index is 1310. The first-order valence-corrected chi connectivity index (χ1v) is 15.6. The van der Waals surface area contributed by atoms with Crippen LogP contribution in [0.4, 0.5) is 0 Å². The van der Waals surface area contributed by atoms with Crippen LogP contribution >= 0.6 is 0 Å². The van der Waals surface area contributed by atoms with Gasteiger partial charge in [0.25, 0.3) is 5.91 Å². The maximum absolute atomic E-state index is 12.8. The normalized spacial score (nSPS) is 27.7. The van der Waals surface area contributed by atoms with Crippen LogP contribution in [0.25, 0.3) is 0 Å². The molecular formula is C35H47N3O5. The number of nitriles is 1. The number of benzene rings is 2. The molecule has 3 aliphatic carbocycles. The molecule has 1 amide bonds. The van der Waals surface area contributed by atoms with Crippen LogP contribution in [0, 0.1) is 27.6 Å². The molecule has 43 heavy (non-hydrogen) atoms. The van der Waals surface area contributed by atoms with Gasteiger partial charge in [-0.3, -0.25) is 4.79 Å². The molecule has 8 heteroatoms. The van der Waals surface area contributed by atoms with Crippen molar-refractivity contribution in [2.75, 3.05) is 20.2 Å². The topological polar surface area (TPSA) is 115 Å². The summed E-state index contributed by atoms with van der Waals surface area (Å²) >= 11 is 0. The van der Waals surface area contributed by atoms with E-state index in [0.29, 0.717) is 34.4 Å². The van der Waals surface area contributed by atoms with Crippen LogP contribution < -0.4 is 14.8 Å². The number of nitrogens with zero attached hydrogens (tertiary/aromatic N) is 2. The minimum atomic E-state index is -0.0869. The van der Waals surface area contributed by atoms with E-state index in [1.807, 2.05) is 30.3 Å². The Morgan fingerprint density at radius 1 is 1.00 bits per heavy atom. The molecule has 1 saturated heterocycles. The fourth-order valence-corrected chi connectivity index (χ4v) is 8.33. The fourth-order valence-electron chi connectivity index (χ4n) is 8.33. The van der Waals surface area contributed by atoms with E-state index in [1.54, 1.807) is 0 Å². The van der Waals surface area contributed by atoms with Crippen LogP contribution in [0.2, 0.25) is 0 Å². The summed E-state index contributed by atoms with van der Waals surface area (Å²) in [6, 6.07) is 14.9. The van der Waals surface area contributed by atoms with Crippen molar-refractivity contribution >= 4 is 5.91 Å². The molecule has 0 radical (unpaired) electrons. The second kappa shape index (κ2) is 12.0. The van der Waals surface area contributed by atoms with Crippen LogP contribution in [0.3, 0.4) is 0 Å². The molecule has 4 fully saturated rings. The lowest BCUT2D eigenvalue weighted by atomic mass is 9.52. The number of amides is 1. The molecule has 8 nitrogen and oxygen atoms in total. The Morgan fingerprint density at radius 3 is 2.19 bits per heavy atom. The standard InChI is InChI=1S/C27H40N2O3.C8H7NO2/c1-25(2)17-26(3,4)24(25)28-23(31)18-5-7-21(8-6-18)32-22-15-27(16-22)13-19(14-27)29-11-9-20(30)10-12-29;1-11-8-4-7(10)3-2-6(8)5-9/h5-8,19-20,22,24,30H,9-17H2,1-4H3,(H,28,31);2-4,10H,1H3. The summed E-state index contributed by atoms with van der Waals surface area (Å²) in [5, 5.41) is 30.5. The van der Waals surface area contributed by atoms with Gasteiger partial charge in [-0.25, -0.2) is 0 Å². The van der Waals surface area contributed by atoms with E-state index in [2.05, 4.69) is 37.9 Å². The number of methoxy groups -OCH3 is 1. The third kappa shape index (κ3) is 6.78. The highest BCUT2D eigenvalue weighted by Crippen LogP contribution is 2.58. The highest BCUT2D eigenvalue weighted by molar-refractivity contribution is 5.94. The molecule has 0 aromatic heterocycles. The number of ether oxygens (including phenoxy) is 2. The lowest BCUT2D eigenvalue weighted by molar-refractivity contribution is -0.120. The van der Waals surface area contributed by atoms with Crippen molar-refractivity contribution in [2.24, 2.45) is 16.2 Å². The first kappa shape index (κ1) is 31.2. The zero-order chi connectivity index (χ0) is 31.0. The van der Waals surface area contributed by atoms with Crippen molar-refractivity contribution in [3.63, 3.8) is 0 Å². The van der Waals surface area contributed by atoms with Crippen LogP contribution in [0.15, 0.2) is 42.5 Å². The largest absolute Gasteiger partial charge is 0.508 e. The Hall–Kier alpha value is -3.28. The minimum absolute atomic E-state index is 0.00994. The first-order chi connectivity index (χ1) is 20.3. The molecule has 232 valence electrons. The molecule has 0 atom stereocenters. The number of carbonyl (C=O) groups excluding carboxylic acids is 1. The highest BCUT2D eigenvalue weighted by Gasteiger charge is 2.55. The summed E-state index contributed by atoms with van der Waals surface area (Å²) < 4.78 is 11.0. The Morgan fingerprint density at radius 2 is 1.63 bits per heavy atom. The van der Waals surface area contributed by atoms with Crippen molar-refractivity contribution < 1.29 is 24.5 Å². The van der Waals surface area contributed by atoms with Crippen molar-refractivity contribution in [1.82, 2.24) is 10.2 Å². The van der Waals surface area contributed by atoms with Crippen molar-refractivity contribution in [3.05, 3.63) is 53.6 Å². The third-order valence-corrected chi connectivity index (χ3v) is 10.1. The smallest absolute Gasteiger partial charge is 0.251 e. The van der Waals surface area contributed by atoms with Crippen molar-refractivity contribution in [2.45, 2.75) is 96.9 Å². The maximum Gasteiger partial charge on any atom is 0.251 e. The number of rotatable bonds is 6. The summed E-state index contributed by atoms with van der Waals surface area (Å²) in [5.41, 5.74) is 1.92. The third-order valence-electron chi connectivity index (χ3n) is 10.1. The van der Waals surface area contributed by atoms with E-state index >= 15 is 0 Å². The number of hydrogen-bond acceptors (Lipinski definition) is 7. The van der Waals surface area contributed by atoms with Crippen LogP contribution in [-0.2, 0) is 0 Å². The molecule has 1 heterocycles. The van der Waals surface area contributed by atoms with Gasteiger partial charge in [0.05, 0.1) is 24.9 Å². The summed E-state index contributed by atoms with van der Waals surface area (Å²) in [6.45, 7) is 11.0. The fraction of sp³-hybridized carbons (Fsp3) is 0.600.